The van der Waals surface area contributed by atoms with Crippen molar-refractivity contribution in [2.75, 3.05) is 6.54 Å². The van der Waals surface area contributed by atoms with Crippen LogP contribution in [-0.4, -0.2) is 22.4 Å². The zero-order valence-electron chi connectivity index (χ0n) is 12.8. The lowest BCUT2D eigenvalue weighted by Crippen LogP contribution is -2.24. The summed E-state index contributed by atoms with van der Waals surface area (Å²) in [5, 5.41) is 3.84. The SMILES string of the molecule is CCNC(=O)Cc1c[nH]c2ncc(-c3ccccc3C)cc12. The van der Waals surface area contributed by atoms with Crippen LogP contribution in [0.1, 0.15) is 18.1 Å². The first-order valence-electron chi connectivity index (χ1n) is 7.47. The molecular weight excluding hydrogens is 274 g/mol. The molecule has 22 heavy (non-hydrogen) atoms. The minimum atomic E-state index is 0.0321. The Hall–Kier alpha value is -2.62. The number of benzene rings is 1. The van der Waals surface area contributed by atoms with Gasteiger partial charge in [-0.05, 0) is 36.6 Å². The van der Waals surface area contributed by atoms with Gasteiger partial charge in [0.1, 0.15) is 5.65 Å². The number of hydrogen-bond acceptors (Lipinski definition) is 2. The van der Waals surface area contributed by atoms with Crippen molar-refractivity contribution in [3.63, 3.8) is 0 Å². The predicted octanol–water partition coefficient (Wildman–Crippen LogP) is 3.22. The van der Waals surface area contributed by atoms with E-state index in [2.05, 4.69) is 40.4 Å². The van der Waals surface area contributed by atoms with E-state index in [9.17, 15) is 4.79 Å². The second-order valence-electron chi connectivity index (χ2n) is 5.38. The van der Waals surface area contributed by atoms with E-state index in [1.165, 1.54) is 11.1 Å². The molecule has 2 aromatic heterocycles. The third-order valence-electron chi connectivity index (χ3n) is 3.80. The van der Waals surface area contributed by atoms with E-state index in [0.29, 0.717) is 13.0 Å². The fraction of sp³-hybridized carbons (Fsp3) is 0.222. The summed E-state index contributed by atoms with van der Waals surface area (Å²) in [7, 11) is 0. The van der Waals surface area contributed by atoms with E-state index in [0.717, 1.165) is 22.2 Å². The number of pyridine rings is 1. The Balaban J connectivity index is 2.02. The van der Waals surface area contributed by atoms with Crippen LogP contribution in [0.2, 0.25) is 0 Å². The molecule has 0 bridgehead atoms. The quantitative estimate of drug-likeness (QED) is 0.776. The second-order valence-corrected chi connectivity index (χ2v) is 5.38. The van der Waals surface area contributed by atoms with Gasteiger partial charge in [-0.15, -0.1) is 0 Å². The van der Waals surface area contributed by atoms with Crippen LogP contribution >= 0.6 is 0 Å². The summed E-state index contributed by atoms with van der Waals surface area (Å²) in [5.41, 5.74) is 5.24. The van der Waals surface area contributed by atoms with Crippen LogP contribution < -0.4 is 5.32 Å². The van der Waals surface area contributed by atoms with Crippen molar-refractivity contribution in [3.05, 3.63) is 53.9 Å². The number of fused-ring (bicyclic) bond motifs is 1. The average molecular weight is 293 g/mol. The van der Waals surface area contributed by atoms with Gasteiger partial charge < -0.3 is 10.3 Å². The molecule has 0 spiro atoms. The number of aromatic amines is 1. The summed E-state index contributed by atoms with van der Waals surface area (Å²) >= 11 is 0. The van der Waals surface area contributed by atoms with Crippen molar-refractivity contribution in [3.8, 4) is 11.1 Å². The molecule has 3 rings (SSSR count). The highest BCUT2D eigenvalue weighted by atomic mass is 16.1. The predicted molar refractivity (Wildman–Crippen MR) is 88.7 cm³/mol. The van der Waals surface area contributed by atoms with Gasteiger partial charge >= 0.3 is 0 Å². The highest BCUT2D eigenvalue weighted by Gasteiger charge is 2.11. The molecule has 0 aliphatic carbocycles. The molecule has 1 amide bonds. The van der Waals surface area contributed by atoms with Gasteiger partial charge in [-0.1, -0.05) is 24.3 Å². The lowest BCUT2D eigenvalue weighted by Gasteiger charge is -2.06. The van der Waals surface area contributed by atoms with Gasteiger partial charge in [-0.2, -0.15) is 0 Å². The normalized spacial score (nSPS) is 10.8. The van der Waals surface area contributed by atoms with E-state index in [4.69, 9.17) is 0 Å². The summed E-state index contributed by atoms with van der Waals surface area (Å²) in [6, 6.07) is 10.3. The zero-order chi connectivity index (χ0) is 15.5. The first-order chi connectivity index (χ1) is 10.7. The Morgan fingerprint density at radius 1 is 1.32 bits per heavy atom. The minimum absolute atomic E-state index is 0.0321. The van der Waals surface area contributed by atoms with Crippen molar-refractivity contribution < 1.29 is 4.79 Å². The van der Waals surface area contributed by atoms with Crippen LogP contribution in [-0.2, 0) is 11.2 Å². The highest BCUT2D eigenvalue weighted by molar-refractivity contribution is 5.89. The fourth-order valence-corrected chi connectivity index (χ4v) is 2.68. The maximum Gasteiger partial charge on any atom is 0.224 e. The Labute approximate surface area is 129 Å². The molecule has 4 nitrogen and oxygen atoms in total. The van der Waals surface area contributed by atoms with Crippen LogP contribution in [0.4, 0.5) is 0 Å². The van der Waals surface area contributed by atoms with Crippen molar-refractivity contribution in [2.45, 2.75) is 20.3 Å². The topological polar surface area (TPSA) is 57.8 Å². The molecular formula is C18H19N3O. The molecule has 0 saturated carbocycles. The van der Waals surface area contributed by atoms with Crippen molar-refractivity contribution in [2.24, 2.45) is 0 Å². The molecule has 0 fully saturated rings. The summed E-state index contributed by atoms with van der Waals surface area (Å²) in [6.07, 6.45) is 4.11. The lowest BCUT2D eigenvalue weighted by atomic mass is 10.0. The molecule has 1 aromatic carbocycles. The third kappa shape index (κ3) is 2.72. The van der Waals surface area contributed by atoms with E-state index in [-0.39, 0.29) is 5.91 Å². The maximum absolute atomic E-state index is 11.8. The maximum atomic E-state index is 11.8. The summed E-state index contributed by atoms with van der Waals surface area (Å²) in [4.78, 5) is 19.4. The molecule has 2 N–H and O–H groups in total. The van der Waals surface area contributed by atoms with E-state index >= 15 is 0 Å². The van der Waals surface area contributed by atoms with Crippen LogP contribution in [0.5, 0.6) is 0 Å². The Morgan fingerprint density at radius 3 is 2.91 bits per heavy atom. The zero-order valence-corrected chi connectivity index (χ0v) is 12.8. The summed E-state index contributed by atoms with van der Waals surface area (Å²) < 4.78 is 0. The standard InChI is InChI=1S/C18H19N3O/c1-3-19-17(22)9-14-11-21-18-16(14)8-13(10-20-18)15-7-5-4-6-12(15)2/h4-8,10-11H,3,9H2,1-2H3,(H,19,22)(H,20,21). The molecule has 0 saturated heterocycles. The molecule has 112 valence electrons. The van der Waals surface area contributed by atoms with Gasteiger partial charge in [0, 0.05) is 29.9 Å². The Bertz CT molecular complexity index is 820. The highest BCUT2D eigenvalue weighted by Crippen LogP contribution is 2.27. The second kappa shape index (κ2) is 6.02. The number of nitrogens with one attached hydrogen (secondary N) is 2. The fourth-order valence-electron chi connectivity index (χ4n) is 2.68. The smallest absolute Gasteiger partial charge is 0.224 e. The number of carbonyl (C=O) groups is 1. The van der Waals surface area contributed by atoms with Gasteiger partial charge in [0.05, 0.1) is 6.42 Å². The number of H-pyrrole nitrogens is 1. The van der Waals surface area contributed by atoms with E-state index in [1.54, 1.807) is 0 Å². The molecule has 3 aromatic rings. The van der Waals surface area contributed by atoms with Gasteiger partial charge in [-0.3, -0.25) is 4.79 Å². The number of rotatable bonds is 4. The minimum Gasteiger partial charge on any atom is -0.356 e. The molecule has 4 heteroatoms. The number of aryl methyl sites for hydroxylation is 1. The van der Waals surface area contributed by atoms with Gasteiger partial charge in [0.15, 0.2) is 0 Å². The Morgan fingerprint density at radius 2 is 2.14 bits per heavy atom. The summed E-state index contributed by atoms with van der Waals surface area (Å²) in [5.74, 6) is 0.0321. The first kappa shape index (κ1) is 14.3. The number of likely N-dealkylation sites (N-methyl/N-ethyl adjacent to an activating group) is 1. The van der Waals surface area contributed by atoms with Gasteiger partial charge in [0.25, 0.3) is 0 Å². The van der Waals surface area contributed by atoms with Crippen molar-refractivity contribution >= 4 is 16.9 Å². The van der Waals surface area contributed by atoms with Crippen LogP contribution in [0, 0.1) is 6.92 Å². The van der Waals surface area contributed by atoms with E-state index < -0.39 is 0 Å². The molecule has 0 radical (unpaired) electrons. The molecule has 0 aliphatic rings. The monoisotopic (exact) mass is 293 g/mol. The number of aromatic nitrogens is 2. The third-order valence-corrected chi connectivity index (χ3v) is 3.80. The molecule has 0 unspecified atom stereocenters. The van der Waals surface area contributed by atoms with Crippen molar-refractivity contribution in [1.29, 1.82) is 0 Å². The van der Waals surface area contributed by atoms with Gasteiger partial charge in [0.2, 0.25) is 5.91 Å². The van der Waals surface area contributed by atoms with E-state index in [1.807, 2.05) is 31.5 Å². The largest absolute Gasteiger partial charge is 0.356 e. The molecule has 0 aliphatic heterocycles. The van der Waals surface area contributed by atoms with Crippen LogP contribution in [0.25, 0.3) is 22.2 Å². The Kier molecular flexibility index (Phi) is 3.92. The van der Waals surface area contributed by atoms with Gasteiger partial charge in [-0.25, -0.2) is 4.98 Å². The first-order valence-corrected chi connectivity index (χ1v) is 7.47. The number of hydrogen-bond donors (Lipinski definition) is 2. The van der Waals surface area contributed by atoms with Crippen LogP contribution in [0.15, 0.2) is 42.7 Å². The van der Waals surface area contributed by atoms with Crippen molar-refractivity contribution in [1.82, 2.24) is 15.3 Å². The number of carbonyl (C=O) groups excluding carboxylic acids is 1. The molecule has 2 heterocycles. The number of nitrogens with zero attached hydrogens (tertiary/aromatic N) is 1. The lowest BCUT2D eigenvalue weighted by molar-refractivity contribution is -0.120. The number of amides is 1. The molecule has 0 atom stereocenters. The summed E-state index contributed by atoms with van der Waals surface area (Å²) in [6.45, 7) is 4.66. The average Bonchev–Trinajstić information content (AvgIpc) is 2.90. The van der Waals surface area contributed by atoms with Crippen LogP contribution in [0.3, 0.4) is 0 Å².